The molecule has 0 radical (unpaired) electrons. The van der Waals surface area contributed by atoms with Crippen LogP contribution >= 0.6 is 0 Å². The van der Waals surface area contributed by atoms with Crippen LogP contribution in [0.1, 0.15) is 23.0 Å². The molecule has 1 saturated carbocycles. The predicted molar refractivity (Wildman–Crippen MR) is 149 cm³/mol. The van der Waals surface area contributed by atoms with Crippen LogP contribution < -0.4 is 31.5 Å². The van der Waals surface area contributed by atoms with Gasteiger partial charge in [-0.2, -0.15) is 0 Å². The van der Waals surface area contributed by atoms with E-state index in [2.05, 4.69) is 21.3 Å². The molecule has 3 aliphatic rings. The highest BCUT2D eigenvalue weighted by molar-refractivity contribution is 6.08. The van der Waals surface area contributed by atoms with E-state index < -0.39 is 61.8 Å². The van der Waals surface area contributed by atoms with E-state index in [1.807, 2.05) is 48.5 Å². The van der Waals surface area contributed by atoms with Gasteiger partial charge in [-0.05, 0) is 45.9 Å². The van der Waals surface area contributed by atoms with Gasteiger partial charge in [0.2, 0.25) is 0 Å². The number of hydrogen-bond acceptors (Lipinski definition) is 10. The fraction of sp³-hybridized carbons (Fsp3) is 0.333. The van der Waals surface area contributed by atoms with Gasteiger partial charge in [0.15, 0.2) is 11.3 Å². The van der Waals surface area contributed by atoms with Gasteiger partial charge in [-0.3, -0.25) is 0 Å². The largest absolute Gasteiger partial charge is 0.851 e. The number of rotatable bonds is 6. The molecule has 1 aliphatic carbocycles. The van der Waals surface area contributed by atoms with Crippen molar-refractivity contribution in [1.29, 1.82) is 0 Å². The highest BCUT2D eigenvalue weighted by Gasteiger charge is 2.44. The van der Waals surface area contributed by atoms with Crippen molar-refractivity contribution in [3.8, 4) is 0 Å². The highest BCUT2D eigenvalue weighted by Crippen LogP contribution is 2.53. The Kier molecular flexibility index (Phi) is 5.66. The van der Waals surface area contributed by atoms with Gasteiger partial charge in [0.05, 0.1) is 26.4 Å². The zero-order valence-corrected chi connectivity index (χ0v) is 21.5. The van der Waals surface area contributed by atoms with Crippen LogP contribution in [-0.4, -0.2) is 70.4 Å². The fourth-order valence-corrected chi connectivity index (χ4v) is 6.68. The molecule has 10 nitrogen and oxygen atoms in total. The lowest BCUT2D eigenvalue weighted by molar-refractivity contribution is -0.535. The van der Waals surface area contributed by atoms with Crippen LogP contribution in [0.25, 0.3) is 21.5 Å². The summed E-state index contributed by atoms with van der Waals surface area (Å²) in [5, 5.41) is 84.6. The zero-order valence-electron chi connectivity index (χ0n) is 21.5. The second-order valence-corrected chi connectivity index (χ2v) is 11.1. The van der Waals surface area contributed by atoms with E-state index in [1.54, 1.807) is 12.1 Å². The SMILES string of the molecule is [O-]C1C(c2ccc3cccc4c3c2NC(CO)(CO)N4)C([O-])C1c1ccc2cccc3c2c1NC(CO)(CO)N3. The van der Waals surface area contributed by atoms with E-state index in [0.717, 1.165) is 21.5 Å². The van der Waals surface area contributed by atoms with Crippen LogP contribution in [0.4, 0.5) is 22.7 Å². The maximum absolute atomic E-state index is 14.0. The van der Waals surface area contributed by atoms with Crippen LogP contribution in [0.3, 0.4) is 0 Å². The van der Waals surface area contributed by atoms with E-state index in [-0.39, 0.29) is 0 Å². The molecule has 2 aliphatic heterocycles. The van der Waals surface area contributed by atoms with E-state index in [0.29, 0.717) is 33.9 Å². The van der Waals surface area contributed by atoms with Gasteiger partial charge in [-0.1, -0.05) is 48.5 Å². The summed E-state index contributed by atoms with van der Waals surface area (Å²) in [7, 11) is 0. The summed E-state index contributed by atoms with van der Waals surface area (Å²) in [4.78, 5) is 0. The zero-order chi connectivity index (χ0) is 27.8. The van der Waals surface area contributed by atoms with Crippen molar-refractivity contribution in [3.63, 3.8) is 0 Å². The van der Waals surface area contributed by atoms with Crippen LogP contribution in [0, 0.1) is 0 Å². The molecule has 0 bridgehead atoms. The summed E-state index contributed by atoms with van der Waals surface area (Å²) in [5.41, 5.74) is 1.18. The molecule has 8 N–H and O–H groups in total. The third-order valence-electron chi connectivity index (χ3n) is 8.85. The average molecular weight is 543 g/mol. The number of aliphatic hydroxyl groups excluding tert-OH is 4. The Labute approximate surface area is 229 Å². The number of nitrogens with one attached hydrogen (secondary N) is 4. The van der Waals surface area contributed by atoms with Gasteiger partial charge in [0.1, 0.15) is 0 Å². The predicted octanol–water partition coefficient (Wildman–Crippen LogP) is 0.368. The smallest absolute Gasteiger partial charge is 0.155 e. The Morgan fingerprint density at radius 2 is 0.950 bits per heavy atom. The Balaban J connectivity index is 1.32. The average Bonchev–Trinajstić information content (AvgIpc) is 2.99. The topological polar surface area (TPSA) is 175 Å². The molecule has 40 heavy (non-hydrogen) atoms. The molecular formula is C30H30N4O6-2. The first-order valence-electron chi connectivity index (χ1n) is 13.4. The Hall–Kier alpha value is -3.64. The second kappa shape index (κ2) is 8.93. The summed E-state index contributed by atoms with van der Waals surface area (Å²) in [6, 6.07) is 18.6. The molecule has 2 heterocycles. The minimum Gasteiger partial charge on any atom is -0.851 e. The van der Waals surface area contributed by atoms with Gasteiger partial charge >= 0.3 is 0 Å². The molecule has 4 aromatic carbocycles. The first-order chi connectivity index (χ1) is 19.4. The van der Waals surface area contributed by atoms with Crippen molar-refractivity contribution >= 4 is 44.3 Å². The van der Waals surface area contributed by atoms with Crippen molar-refractivity contribution < 1.29 is 30.6 Å². The Morgan fingerprint density at radius 3 is 1.32 bits per heavy atom. The fourth-order valence-electron chi connectivity index (χ4n) is 6.68. The number of aliphatic hydroxyl groups is 4. The van der Waals surface area contributed by atoms with Crippen molar-refractivity contribution in [2.75, 3.05) is 47.7 Å². The molecule has 4 aromatic rings. The van der Waals surface area contributed by atoms with E-state index >= 15 is 0 Å². The lowest BCUT2D eigenvalue weighted by atomic mass is 9.62. The van der Waals surface area contributed by atoms with E-state index in [4.69, 9.17) is 0 Å². The van der Waals surface area contributed by atoms with Crippen LogP contribution in [0.2, 0.25) is 0 Å². The second-order valence-electron chi connectivity index (χ2n) is 11.1. The van der Waals surface area contributed by atoms with Crippen molar-refractivity contribution in [2.45, 2.75) is 35.4 Å². The molecule has 0 aromatic heterocycles. The number of anilines is 4. The molecule has 0 amide bonds. The first-order valence-corrected chi connectivity index (χ1v) is 13.4. The Morgan fingerprint density at radius 1 is 0.550 bits per heavy atom. The maximum atomic E-state index is 14.0. The quantitative estimate of drug-likeness (QED) is 0.170. The summed E-state index contributed by atoms with van der Waals surface area (Å²) >= 11 is 0. The highest BCUT2D eigenvalue weighted by atomic mass is 16.3. The monoisotopic (exact) mass is 542 g/mol. The molecule has 7 rings (SSSR count). The molecule has 0 saturated heterocycles. The van der Waals surface area contributed by atoms with Gasteiger partial charge in [-0.15, -0.1) is 12.2 Å². The summed E-state index contributed by atoms with van der Waals surface area (Å²) in [6.45, 7) is -1.66. The van der Waals surface area contributed by atoms with Gasteiger partial charge < -0.3 is 51.9 Å². The van der Waals surface area contributed by atoms with Crippen molar-refractivity contribution in [1.82, 2.24) is 0 Å². The summed E-state index contributed by atoms with van der Waals surface area (Å²) in [6.07, 6.45) is -2.54. The molecule has 0 atom stereocenters. The first kappa shape index (κ1) is 25.3. The molecule has 0 unspecified atom stereocenters. The van der Waals surface area contributed by atoms with Gasteiger partial charge in [0, 0.05) is 33.5 Å². The minimum absolute atomic E-state index is 0.414. The van der Waals surface area contributed by atoms with E-state index in [9.17, 15) is 30.6 Å². The summed E-state index contributed by atoms with van der Waals surface area (Å²) in [5.74, 6) is -1.73. The molecular weight excluding hydrogens is 512 g/mol. The van der Waals surface area contributed by atoms with Gasteiger partial charge in [-0.25, -0.2) is 0 Å². The maximum Gasteiger partial charge on any atom is 0.155 e. The van der Waals surface area contributed by atoms with Crippen LogP contribution in [0.15, 0.2) is 60.7 Å². The summed E-state index contributed by atoms with van der Waals surface area (Å²) < 4.78 is 0. The van der Waals surface area contributed by atoms with Crippen molar-refractivity contribution in [2.24, 2.45) is 0 Å². The number of hydrogen-bond donors (Lipinski definition) is 8. The minimum atomic E-state index is -1.27. The van der Waals surface area contributed by atoms with Crippen LogP contribution in [-0.2, 0) is 0 Å². The van der Waals surface area contributed by atoms with Gasteiger partial charge in [0.25, 0.3) is 0 Å². The number of benzene rings is 4. The van der Waals surface area contributed by atoms with E-state index in [1.165, 1.54) is 0 Å². The molecule has 208 valence electrons. The molecule has 0 spiro atoms. The lowest BCUT2D eigenvalue weighted by Gasteiger charge is -2.62. The third-order valence-corrected chi connectivity index (χ3v) is 8.85. The standard InChI is InChI=1S/C30H30N4O6/c35-11-29(12-36)31-19-5-1-3-15-7-9-17(25(33-29)21(15)19)23-27(39)24(28(23)40)18-10-8-16-4-2-6-20-22(16)26(18)34-30(13-37,14-38)32-20/h1-10,23-24,27-28,31-38H,11-14H2/q-2. The molecule has 1 fully saturated rings. The van der Waals surface area contributed by atoms with Crippen LogP contribution in [0.5, 0.6) is 0 Å². The Bertz CT molecular complexity index is 1510. The van der Waals surface area contributed by atoms with Crippen molar-refractivity contribution in [3.05, 3.63) is 71.8 Å². The normalized spacial score (nSPS) is 25.4. The molecule has 10 heteroatoms. The lowest BCUT2D eigenvalue weighted by Crippen LogP contribution is -2.64. The third kappa shape index (κ3) is 3.38.